The second kappa shape index (κ2) is 16.7. The second-order valence-corrected chi connectivity index (χ2v) is 9.25. The van der Waals surface area contributed by atoms with Crippen molar-refractivity contribution in [1.82, 2.24) is 0 Å². The molecule has 0 aromatic rings. The molecule has 0 saturated heterocycles. The highest BCUT2D eigenvalue weighted by molar-refractivity contribution is 7.85. The van der Waals surface area contributed by atoms with E-state index >= 15 is 0 Å². The van der Waals surface area contributed by atoms with Gasteiger partial charge in [-0.3, -0.25) is 4.55 Å². The Morgan fingerprint density at radius 2 is 1.08 bits per heavy atom. The number of hydrogen-bond donors (Lipinski definition) is 1. The molecule has 0 radical (unpaired) electrons. The molecule has 1 atom stereocenters. The lowest BCUT2D eigenvalue weighted by Gasteiger charge is -2.08. The normalized spacial score (nSPS) is 13.3. The number of halogens is 1. The zero-order chi connectivity index (χ0) is 18.1. The van der Waals surface area contributed by atoms with Gasteiger partial charge in [-0.2, -0.15) is 8.42 Å². The molecule has 0 spiro atoms. The van der Waals surface area contributed by atoms with Gasteiger partial charge in [0.05, 0.1) is 5.75 Å². The van der Waals surface area contributed by atoms with Crippen molar-refractivity contribution in [2.24, 2.45) is 0 Å². The van der Waals surface area contributed by atoms with Crippen LogP contribution in [0.1, 0.15) is 110 Å². The molecule has 0 saturated carbocycles. The first-order valence-electron chi connectivity index (χ1n) is 10.0. The van der Waals surface area contributed by atoms with Crippen molar-refractivity contribution in [3.8, 4) is 0 Å². The van der Waals surface area contributed by atoms with Gasteiger partial charge in [-0.25, -0.2) is 0 Å². The van der Waals surface area contributed by atoms with E-state index in [-0.39, 0.29) is 11.1 Å². The summed E-state index contributed by atoms with van der Waals surface area (Å²) in [7, 11) is -3.86. The van der Waals surface area contributed by atoms with Gasteiger partial charge >= 0.3 is 0 Å². The molecule has 1 unspecified atom stereocenters. The Bertz CT molecular complexity index is 358. The zero-order valence-electron chi connectivity index (χ0n) is 15.6. The molecule has 0 aromatic heterocycles. The molecule has 0 aliphatic rings. The van der Waals surface area contributed by atoms with Gasteiger partial charge in [0.15, 0.2) is 0 Å². The van der Waals surface area contributed by atoms with Gasteiger partial charge in [0.1, 0.15) is 0 Å². The van der Waals surface area contributed by atoms with Crippen LogP contribution in [0.2, 0.25) is 0 Å². The van der Waals surface area contributed by atoms with E-state index in [1.807, 2.05) is 0 Å². The first kappa shape index (κ1) is 24.2. The maximum absolute atomic E-state index is 10.6. The molecule has 0 aliphatic carbocycles. The number of unbranched alkanes of at least 4 members (excludes halogenated alkanes) is 13. The fourth-order valence-electron chi connectivity index (χ4n) is 2.98. The summed E-state index contributed by atoms with van der Waals surface area (Å²) < 4.78 is 29.9. The van der Waals surface area contributed by atoms with Gasteiger partial charge in [-0.1, -0.05) is 96.8 Å². The fraction of sp³-hybridized carbons (Fsp3) is 1.00. The zero-order valence-corrected chi connectivity index (χ0v) is 17.2. The van der Waals surface area contributed by atoms with E-state index in [1.165, 1.54) is 83.5 Å². The molecule has 146 valence electrons. The Hall–Kier alpha value is 0.200. The molecule has 3 nitrogen and oxygen atoms in total. The summed E-state index contributed by atoms with van der Waals surface area (Å²) in [5.41, 5.74) is 0. The van der Waals surface area contributed by atoms with Crippen LogP contribution in [0.15, 0.2) is 0 Å². The summed E-state index contributed by atoms with van der Waals surface area (Å²) in [6, 6.07) is 0. The maximum Gasteiger partial charge on any atom is 0.264 e. The highest BCUT2D eigenvalue weighted by atomic mass is 35.5. The van der Waals surface area contributed by atoms with E-state index in [4.69, 9.17) is 16.2 Å². The summed E-state index contributed by atoms with van der Waals surface area (Å²) in [4.78, 5) is 0. The molecule has 0 fully saturated rings. The Morgan fingerprint density at radius 3 is 1.46 bits per heavy atom. The molecule has 0 amide bonds. The van der Waals surface area contributed by atoms with Crippen molar-refractivity contribution < 1.29 is 13.0 Å². The van der Waals surface area contributed by atoms with Crippen LogP contribution >= 0.6 is 11.6 Å². The summed E-state index contributed by atoms with van der Waals surface area (Å²) in [6.07, 6.45) is 19.8. The van der Waals surface area contributed by atoms with Crippen molar-refractivity contribution in [3.05, 3.63) is 0 Å². The predicted octanol–water partition coefficient (Wildman–Crippen LogP) is 6.74. The van der Waals surface area contributed by atoms with Crippen LogP contribution in [-0.4, -0.2) is 24.1 Å². The van der Waals surface area contributed by atoms with E-state index in [0.29, 0.717) is 6.42 Å². The van der Waals surface area contributed by atoms with Gasteiger partial charge in [0.25, 0.3) is 10.1 Å². The Kier molecular flexibility index (Phi) is 16.8. The fourth-order valence-corrected chi connectivity index (χ4v) is 3.96. The van der Waals surface area contributed by atoms with Crippen LogP contribution in [0.4, 0.5) is 0 Å². The minimum absolute atomic E-state index is 0.135. The monoisotopic (exact) mass is 382 g/mol. The van der Waals surface area contributed by atoms with Gasteiger partial charge < -0.3 is 0 Å². The quantitative estimate of drug-likeness (QED) is 0.162. The van der Waals surface area contributed by atoms with Gasteiger partial charge in [-0.15, -0.1) is 11.6 Å². The van der Waals surface area contributed by atoms with Crippen molar-refractivity contribution in [2.75, 3.05) is 5.75 Å². The largest absolute Gasteiger partial charge is 0.286 e. The summed E-state index contributed by atoms with van der Waals surface area (Å²) in [5, 5.41) is -0.135. The van der Waals surface area contributed by atoms with Crippen molar-refractivity contribution in [2.45, 2.75) is 115 Å². The van der Waals surface area contributed by atoms with E-state index in [1.54, 1.807) is 0 Å². The minimum Gasteiger partial charge on any atom is -0.286 e. The lowest BCUT2D eigenvalue weighted by molar-refractivity contribution is 0.478. The number of alkyl halides is 1. The summed E-state index contributed by atoms with van der Waals surface area (Å²) >= 11 is 6.06. The standard InChI is InChI=1S/C19H39ClO3S/c1-2-3-4-5-6-7-8-9-10-11-12-13-14-15-16-19(20)17-18-24(21,22)23/h19H,2-18H2,1H3,(H,21,22,23). The van der Waals surface area contributed by atoms with Crippen LogP contribution in [0.3, 0.4) is 0 Å². The molecule has 0 heterocycles. The predicted molar refractivity (Wildman–Crippen MR) is 106 cm³/mol. The molecular weight excluding hydrogens is 344 g/mol. The molecule has 0 aliphatic heterocycles. The van der Waals surface area contributed by atoms with Crippen LogP contribution in [-0.2, 0) is 10.1 Å². The average Bonchev–Trinajstić information content (AvgIpc) is 2.52. The lowest BCUT2D eigenvalue weighted by atomic mass is 10.0. The Morgan fingerprint density at radius 1 is 0.708 bits per heavy atom. The second-order valence-electron chi connectivity index (χ2n) is 7.06. The van der Waals surface area contributed by atoms with E-state index in [0.717, 1.165) is 12.8 Å². The van der Waals surface area contributed by atoms with Gasteiger partial charge in [0, 0.05) is 5.38 Å². The highest BCUT2D eigenvalue weighted by Crippen LogP contribution is 2.16. The van der Waals surface area contributed by atoms with E-state index < -0.39 is 10.1 Å². The van der Waals surface area contributed by atoms with Gasteiger partial charge in [-0.05, 0) is 12.8 Å². The number of hydrogen-bond acceptors (Lipinski definition) is 2. The Balaban J connectivity index is 3.17. The van der Waals surface area contributed by atoms with Gasteiger partial charge in [0.2, 0.25) is 0 Å². The summed E-state index contributed by atoms with van der Waals surface area (Å²) in [6.45, 7) is 2.26. The third kappa shape index (κ3) is 20.2. The summed E-state index contributed by atoms with van der Waals surface area (Å²) in [5.74, 6) is -0.222. The number of rotatable bonds is 18. The van der Waals surface area contributed by atoms with E-state index in [2.05, 4.69) is 6.92 Å². The van der Waals surface area contributed by atoms with Crippen molar-refractivity contribution in [1.29, 1.82) is 0 Å². The van der Waals surface area contributed by atoms with Crippen LogP contribution < -0.4 is 0 Å². The highest BCUT2D eigenvalue weighted by Gasteiger charge is 2.10. The minimum atomic E-state index is -3.86. The van der Waals surface area contributed by atoms with Crippen molar-refractivity contribution in [3.63, 3.8) is 0 Å². The van der Waals surface area contributed by atoms with Crippen LogP contribution in [0.5, 0.6) is 0 Å². The molecule has 0 aromatic carbocycles. The molecule has 24 heavy (non-hydrogen) atoms. The third-order valence-electron chi connectivity index (χ3n) is 4.56. The molecular formula is C19H39ClO3S. The van der Waals surface area contributed by atoms with Crippen LogP contribution in [0.25, 0.3) is 0 Å². The van der Waals surface area contributed by atoms with Crippen molar-refractivity contribution >= 4 is 21.7 Å². The van der Waals surface area contributed by atoms with E-state index in [9.17, 15) is 8.42 Å². The molecule has 0 bridgehead atoms. The smallest absolute Gasteiger partial charge is 0.264 e. The Labute approximate surface area is 155 Å². The average molecular weight is 383 g/mol. The molecule has 1 N–H and O–H groups in total. The SMILES string of the molecule is CCCCCCCCCCCCCCCCC(Cl)CCS(=O)(=O)O. The topological polar surface area (TPSA) is 54.4 Å². The maximum atomic E-state index is 10.6. The molecule has 0 rings (SSSR count). The lowest BCUT2D eigenvalue weighted by Crippen LogP contribution is -2.10. The van der Waals surface area contributed by atoms with Crippen LogP contribution in [0, 0.1) is 0 Å². The first-order chi connectivity index (χ1) is 11.5. The first-order valence-corrected chi connectivity index (χ1v) is 12.1. The molecule has 5 heteroatoms. The third-order valence-corrected chi connectivity index (χ3v) is 5.75.